The molecule has 0 aliphatic carbocycles. The summed E-state index contributed by atoms with van der Waals surface area (Å²) < 4.78 is 0. The number of nitrogens with one attached hydrogen (secondary N) is 8. The van der Waals surface area contributed by atoms with Crippen LogP contribution in [0.3, 0.4) is 0 Å². The van der Waals surface area contributed by atoms with Crippen LogP contribution in [0.2, 0.25) is 0 Å². The van der Waals surface area contributed by atoms with Gasteiger partial charge in [0.05, 0.1) is 19.0 Å². The number of phenols is 1. The number of aromatic hydroxyl groups is 1. The molecule has 0 radical (unpaired) electrons. The molecule has 1 aromatic carbocycles. The lowest BCUT2D eigenvalue weighted by molar-refractivity contribution is -0.143. The zero-order chi connectivity index (χ0) is 53.1. The highest BCUT2D eigenvalue weighted by Gasteiger charge is 2.41. The number of nitrogens with two attached hydrogens (primary N) is 4. The van der Waals surface area contributed by atoms with Gasteiger partial charge in [0.2, 0.25) is 70.9 Å². The van der Waals surface area contributed by atoms with Crippen LogP contribution in [0.15, 0.2) is 24.3 Å². The summed E-state index contributed by atoms with van der Waals surface area (Å²) in [7, 11) is 0. The predicted octanol–water partition coefficient (Wildman–Crippen LogP) is -5.09. The molecule has 0 saturated carbocycles. The third kappa shape index (κ3) is 18.8. The number of benzene rings is 1. The lowest BCUT2D eigenvalue weighted by atomic mass is 9.96. The van der Waals surface area contributed by atoms with E-state index in [1.54, 1.807) is 27.7 Å². The molecule has 2 saturated heterocycles. The summed E-state index contributed by atoms with van der Waals surface area (Å²) >= 11 is 0. The molecule has 26 heteroatoms. The highest BCUT2D eigenvalue weighted by atomic mass is 16.3. The van der Waals surface area contributed by atoms with E-state index in [4.69, 9.17) is 22.9 Å². The van der Waals surface area contributed by atoms with Gasteiger partial charge in [-0.25, -0.2) is 0 Å². The van der Waals surface area contributed by atoms with Crippen LogP contribution in [0, 0.1) is 11.8 Å². The first kappa shape index (κ1) is 57.9. The van der Waals surface area contributed by atoms with Crippen molar-refractivity contribution < 1.29 is 62.6 Å². The number of carbonyl (C=O) groups excluding carboxylic acids is 12. The normalized spacial score (nSPS) is 24.0. The molecule has 0 bridgehead atoms. The number of primary amides is 3. The van der Waals surface area contributed by atoms with Crippen LogP contribution in [0.25, 0.3) is 0 Å². The van der Waals surface area contributed by atoms with E-state index in [1.165, 1.54) is 24.3 Å². The predicted molar refractivity (Wildman–Crippen MR) is 252 cm³/mol. The van der Waals surface area contributed by atoms with Crippen LogP contribution >= 0.6 is 0 Å². The van der Waals surface area contributed by atoms with Crippen molar-refractivity contribution in [3.05, 3.63) is 29.8 Å². The van der Waals surface area contributed by atoms with Gasteiger partial charge in [-0.15, -0.1) is 0 Å². The number of phenolic OH excluding ortho intramolecular Hbond substituents is 1. The molecule has 71 heavy (non-hydrogen) atoms. The molecule has 0 unspecified atom stereocenters. The number of hydrogen-bond donors (Lipinski definition) is 13. The van der Waals surface area contributed by atoms with E-state index >= 15 is 0 Å². The second-order valence-electron chi connectivity index (χ2n) is 18.2. The van der Waals surface area contributed by atoms with Gasteiger partial charge in [0.1, 0.15) is 48.0 Å². The molecule has 2 fully saturated rings. The molecule has 2 aliphatic heterocycles. The van der Waals surface area contributed by atoms with Gasteiger partial charge in [-0.2, -0.15) is 0 Å². The Balaban J connectivity index is 2.07. The van der Waals surface area contributed by atoms with Crippen LogP contribution in [-0.2, 0) is 64.0 Å². The highest BCUT2D eigenvalue weighted by molar-refractivity contribution is 5.99. The van der Waals surface area contributed by atoms with Gasteiger partial charge in [0, 0.05) is 32.4 Å². The first-order chi connectivity index (χ1) is 33.4. The van der Waals surface area contributed by atoms with E-state index in [0.29, 0.717) is 12.0 Å². The van der Waals surface area contributed by atoms with Gasteiger partial charge in [0.25, 0.3) is 0 Å². The van der Waals surface area contributed by atoms with Gasteiger partial charge in [0.15, 0.2) is 0 Å². The second kappa shape index (κ2) is 27.7. The van der Waals surface area contributed by atoms with E-state index in [2.05, 4.69) is 42.5 Å². The molecule has 0 spiro atoms. The zero-order valence-corrected chi connectivity index (χ0v) is 40.4. The number of rotatable bonds is 17. The Morgan fingerprint density at radius 3 is 2.00 bits per heavy atom. The average molecular weight is 1000 g/mol. The highest BCUT2D eigenvalue weighted by Crippen LogP contribution is 2.20. The number of hydrogen-bond acceptors (Lipinski definition) is 14. The topological polar surface area (TPSA) is 429 Å². The molecule has 392 valence electrons. The van der Waals surface area contributed by atoms with Crippen molar-refractivity contribution in [1.29, 1.82) is 0 Å². The minimum absolute atomic E-state index is 0.0324. The summed E-state index contributed by atoms with van der Waals surface area (Å²) in [5, 5.41) is 29.8. The minimum Gasteiger partial charge on any atom is -0.508 e. The van der Waals surface area contributed by atoms with Gasteiger partial charge < -0.3 is 75.5 Å². The fraction of sp³-hybridized carbons (Fsp3) is 0.600. The molecular weight excluding hydrogens is 931 g/mol. The summed E-state index contributed by atoms with van der Waals surface area (Å²) in [5.74, 6) is -11.7. The van der Waals surface area contributed by atoms with Gasteiger partial charge in [-0.1, -0.05) is 46.2 Å². The van der Waals surface area contributed by atoms with Crippen LogP contribution < -0.4 is 65.5 Å². The summed E-state index contributed by atoms with van der Waals surface area (Å²) in [4.78, 5) is 161. The smallest absolute Gasteiger partial charge is 0.247 e. The molecule has 0 aromatic heterocycles. The van der Waals surface area contributed by atoms with Crippen molar-refractivity contribution >= 4 is 70.9 Å². The van der Waals surface area contributed by atoms with Gasteiger partial charge >= 0.3 is 0 Å². The Kier molecular flexibility index (Phi) is 22.6. The van der Waals surface area contributed by atoms with E-state index in [-0.39, 0.29) is 50.3 Å². The molecule has 2 heterocycles. The number of nitrogens with zero attached hydrogens (tertiary/aromatic N) is 1. The summed E-state index contributed by atoms with van der Waals surface area (Å²) in [6.45, 7) is 5.74. The van der Waals surface area contributed by atoms with Crippen molar-refractivity contribution in [3.8, 4) is 5.75 Å². The third-order valence-electron chi connectivity index (χ3n) is 11.9. The Hall–Kier alpha value is -7.38. The maximum absolute atomic E-state index is 14.5. The number of carbonyl (C=O) groups is 12. The molecule has 2 aliphatic rings. The second-order valence-corrected chi connectivity index (χ2v) is 18.2. The van der Waals surface area contributed by atoms with E-state index in [9.17, 15) is 62.6 Å². The molecule has 26 nitrogen and oxygen atoms in total. The van der Waals surface area contributed by atoms with Gasteiger partial charge in [-0.3, -0.25) is 57.5 Å². The Morgan fingerprint density at radius 2 is 1.39 bits per heavy atom. The lowest BCUT2D eigenvalue weighted by Gasteiger charge is -2.31. The van der Waals surface area contributed by atoms with Crippen molar-refractivity contribution in [3.63, 3.8) is 0 Å². The third-order valence-corrected chi connectivity index (χ3v) is 11.9. The van der Waals surface area contributed by atoms with Crippen molar-refractivity contribution in [2.24, 2.45) is 34.8 Å². The van der Waals surface area contributed by atoms with Gasteiger partial charge in [-0.05, 0) is 61.6 Å². The summed E-state index contributed by atoms with van der Waals surface area (Å²) in [5.41, 5.74) is 22.8. The monoisotopic (exact) mass is 1000 g/mol. The molecule has 9 atom stereocenters. The number of likely N-dealkylation sites (tertiary alicyclic amines) is 1. The minimum atomic E-state index is -1.85. The average Bonchev–Trinajstić information content (AvgIpc) is 3.81. The van der Waals surface area contributed by atoms with Crippen LogP contribution in [0.5, 0.6) is 5.75 Å². The number of amides is 12. The quantitative estimate of drug-likeness (QED) is 0.0695. The summed E-state index contributed by atoms with van der Waals surface area (Å²) in [6.07, 6.45) is -1.82. The van der Waals surface area contributed by atoms with Crippen LogP contribution in [0.4, 0.5) is 0 Å². The Morgan fingerprint density at radius 1 is 0.775 bits per heavy atom. The Labute approximate surface area is 410 Å². The molecule has 1 aromatic rings. The fourth-order valence-corrected chi connectivity index (χ4v) is 7.78. The lowest BCUT2D eigenvalue weighted by Crippen LogP contribution is -2.62. The standard InChI is InChI=1S/C45H69N13O13/c1-5-23(4)37-44(70)52-27(13-14-33(47)60)40(66)54-30(19-34(48)61)41(67)56-31(45(71)58-16-6-7-32(58)43(69)55-28(17-22(2)3)39(65)51-21-35(49)62)20-50-36(63)15-12-26(46)38(64)53-29(42(68)57-37)18-24-8-10-25(59)11-9-24/h8-11,22-23,26-32,37,59H,5-7,12-21,46H2,1-4H3,(H2,47,60)(H2,48,61)(H2,49,62)(H,50,63)(H,51,65)(H,52,70)(H,53,64)(H,54,66)(H,55,69)(H,56,67)(H,57,68)/t23-,26-,27-,28-,29-,30-,31-,32-,37-/m0/s1. The molecule has 3 rings (SSSR count). The fourth-order valence-electron chi connectivity index (χ4n) is 7.78. The molecule has 12 amide bonds. The van der Waals surface area contributed by atoms with Crippen LogP contribution in [-0.4, -0.2) is 149 Å². The maximum atomic E-state index is 14.5. The maximum Gasteiger partial charge on any atom is 0.247 e. The van der Waals surface area contributed by atoms with Crippen molar-refractivity contribution in [2.45, 2.75) is 140 Å². The molecule has 17 N–H and O–H groups in total. The van der Waals surface area contributed by atoms with Crippen LogP contribution in [0.1, 0.15) is 91.0 Å². The largest absolute Gasteiger partial charge is 0.508 e. The first-order valence-electron chi connectivity index (χ1n) is 23.5. The van der Waals surface area contributed by atoms with E-state index in [1.807, 2.05) is 0 Å². The van der Waals surface area contributed by atoms with E-state index < -0.39 is 164 Å². The van der Waals surface area contributed by atoms with E-state index in [0.717, 1.165) is 4.90 Å². The molecular formula is C45H69N13O13. The van der Waals surface area contributed by atoms with Crippen molar-refractivity contribution in [1.82, 2.24) is 47.4 Å². The summed E-state index contributed by atoms with van der Waals surface area (Å²) in [6, 6.07) is -5.97. The Bertz CT molecular complexity index is 2140. The SMILES string of the molecule is CC[C@H](C)[C@@H]1NC(=O)[C@H](Cc2ccc(O)cc2)NC(=O)[C@@H](N)CCC(=O)NC[C@@H](C(=O)N2CCC[C@H]2C(=O)N[C@@H](CC(C)C)C(=O)NCC(N)=O)NC(=O)[C@H](CC(N)=O)NC(=O)[C@H](CCC(N)=O)NC1=O. The van der Waals surface area contributed by atoms with Crippen molar-refractivity contribution in [2.75, 3.05) is 19.6 Å². The zero-order valence-electron chi connectivity index (χ0n) is 40.4. The first-order valence-corrected chi connectivity index (χ1v) is 23.5.